The van der Waals surface area contributed by atoms with Crippen LogP contribution < -0.4 is 0 Å². The van der Waals surface area contributed by atoms with E-state index in [1.807, 2.05) is 6.07 Å². The molecule has 0 aliphatic heterocycles. The molecule has 0 spiro atoms. The number of carboxylic acids is 1. The molecule has 0 saturated carbocycles. The van der Waals surface area contributed by atoms with E-state index < -0.39 is 5.97 Å². The van der Waals surface area contributed by atoms with Crippen molar-refractivity contribution < 1.29 is 9.90 Å². The molecule has 2 rings (SSSR count). The number of aromatic carboxylic acids is 1. The van der Waals surface area contributed by atoms with Gasteiger partial charge in [0, 0.05) is 24.2 Å². The molecular formula is C9H7N3O2. The second kappa shape index (κ2) is 3.29. The summed E-state index contributed by atoms with van der Waals surface area (Å²) >= 11 is 0. The summed E-state index contributed by atoms with van der Waals surface area (Å²) in [7, 11) is 0. The first kappa shape index (κ1) is 8.43. The highest BCUT2D eigenvalue weighted by molar-refractivity contribution is 5.83. The van der Waals surface area contributed by atoms with Gasteiger partial charge < -0.3 is 10.1 Å². The molecule has 14 heavy (non-hydrogen) atoms. The first-order chi connectivity index (χ1) is 6.77. The quantitative estimate of drug-likeness (QED) is 0.743. The van der Waals surface area contributed by atoms with Crippen LogP contribution in [-0.4, -0.2) is 26.0 Å². The van der Waals surface area contributed by atoms with Crippen molar-refractivity contribution in [1.29, 1.82) is 0 Å². The normalized spacial score (nSPS) is 10.0. The van der Waals surface area contributed by atoms with Gasteiger partial charge in [-0.05, 0) is 12.1 Å². The topological polar surface area (TPSA) is 78.9 Å². The molecule has 0 fully saturated rings. The van der Waals surface area contributed by atoms with Gasteiger partial charge >= 0.3 is 5.97 Å². The molecule has 2 N–H and O–H groups in total. The van der Waals surface area contributed by atoms with Crippen LogP contribution in [0, 0.1) is 0 Å². The summed E-state index contributed by atoms with van der Waals surface area (Å²) in [4.78, 5) is 21.0. The fourth-order valence-corrected chi connectivity index (χ4v) is 1.11. The zero-order valence-electron chi connectivity index (χ0n) is 7.14. The second-order valence-corrected chi connectivity index (χ2v) is 2.67. The van der Waals surface area contributed by atoms with E-state index in [-0.39, 0.29) is 5.82 Å². The van der Waals surface area contributed by atoms with Gasteiger partial charge in [-0.1, -0.05) is 0 Å². The minimum atomic E-state index is -1.12. The summed E-state index contributed by atoms with van der Waals surface area (Å²) in [5.74, 6) is -1.31. The third kappa shape index (κ3) is 1.47. The van der Waals surface area contributed by atoms with E-state index in [9.17, 15) is 4.79 Å². The molecule has 0 atom stereocenters. The smallest absolute Gasteiger partial charge is 0.373 e. The Hall–Kier alpha value is -2.17. The van der Waals surface area contributed by atoms with Gasteiger partial charge in [-0.3, -0.25) is 0 Å². The third-order valence-electron chi connectivity index (χ3n) is 1.74. The fourth-order valence-electron chi connectivity index (χ4n) is 1.11. The predicted octanol–water partition coefficient (Wildman–Crippen LogP) is 1.17. The Balaban J connectivity index is 2.46. The maximum absolute atomic E-state index is 10.6. The Bertz CT molecular complexity index is 451. The van der Waals surface area contributed by atoms with Crippen molar-refractivity contribution in [3.8, 4) is 11.3 Å². The maximum atomic E-state index is 10.6. The number of carboxylic acid groups (broad SMARTS) is 1. The average molecular weight is 189 g/mol. The molecule has 0 unspecified atom stereocenters. The van der Waals surface area contributed by atoms with Gasteiger partial charge in [-0.2, -0.15) is 0 Å². The van der Waals surface area contributed by atoms with Gasteiger partial charge in [-0.25, -0.2) is 14.8 Å². The SMILES string of the molecule is O=C(O)c1nccc(-c2cc[nH]c2)n1. The van der Waals surface area contributed by atoms with Gasteiger partial charge in [0.15, 0.2) is 0 Å². The number of nitrogens with one attached hydrogen (secondary N) is 1. The molecule has 0 saturated heterocycles. The van der Waals surface area contributed by atoms with E-state index in [1.165, 1.54) is 6.20 Å². The number of rotatable bonds is 2. The number of H-pyrrole nitrogens is 1. The zero-order chi connectivity index (χ0) is 9.97. The van der Waals surface area contributed by atoms with Gasteiger partial charge in [-0.15, -0.1) is 0 Å². The van der Waals surface area contributed by atoms with E-state index in [1.54, 1.807) is 18.5 Å². The molecule has 5 nitrogen and oxygen atoms in total. The number of hydrogen-bond donors (Lipinski definition) is 2. The number of nitrogens with zero attached hydrogens (tertiary/aromatic N) is 2. The lowest BCUT2D eigenvalue weighted by atomic mass is 10.2. The Morgan fingerprint density at radius 2 is 2.29 bits per heavy atom. The highest BCUT2D eigenvalue weighted by atomic mass is 16.4. The minimum absolute atomic E-state index is 0.191. The van der Waals surface area contributed by atoms with Gasteiger partial charge in [0.25, 0.3) is 0 Å². The van der Waals surface area contributed by atoms with Gasteiger partial charge in [0.05, 0.1) is 5.69 Å². The molecule has 2 aromatic heterocycles. The summed E-state index contributed by atoms with van der Waals surface area (Å²) in [6.07, 6.45) is 4.92. The highest BCUT2D eigenvalue weighted by Crippen LogP contribution is 2.14. The van der Waals surface area contributed by atoms with Crippen molar-refractivity contribution in [3.05, 3.63) is 36.5 Å². The molecule has 2 heterocycles. The minimum Gasteiger partial charge on any atom is -0.475 e. The van der Waals surface area contributed by atoms with Crippen LogP contribution in [0.15, 0.2) is 30.7 Å². The van der Waals surface area contributed by atoms with Crippen LogP contribution in [0.3, 0.4) is 0 Å². The van der Waals surface area contributed by atoms with Crippen molar-refractivity contribution in [2.45, 2.75) is 0 Å². The van der Waals surface area contributed by atoms with E-state index >= 15 is 0 Å². The van der Waals surface area contributed by atoms with Crippen LogP contribution >= 0.6 is 0 Å². The molecular weight excluding hydrogens is 182 g/mol. The molecule has 2 aromatic rings. The molecule has 0 amide bonds. The first-order valence-electron chi connectivity index (χ1n) is 3.97. The van der Waals surface area contributed by atoms with Gasteiger partial charge in [0.2, 0.25) is 5.82 Å². The van der Waals surface area contributed by atoms with Crippen molar-refractivity contribution in [1.82, 2.24) is 15.0 Å². The maximum Gasteiger partial charge on any atom is 0.373 e. The highest BCUT2D eigenvalue weighted by Gasteiger charge is 2.07. The van der Waals surface area contributed by atoms with E-state index in [4.69, 9.17) is 5.11 Å². The Labute approximate surface area is 79.5 Å². The van der Waals surface area contributed by atoms with E-state index in [0.717, 1.165) is 5.56 Å². The molecule has 0 radical (unpaired) electrons. The van der Waals surface area contributed by atoms with E-state index in [0.29, 0.717) is 5.69 Å². The molecule has 70 valence electrons. The largest absolute Gasteiger partial charge is 0.475 e. The van der Waals surface area contributed by atoms with Crippen molar-refractivity contribution in [2.75, 3.05) is 0 Å². The lowest BCUT2D eigenvalue weighted by Gasteiger charge is -1.97. The van der Waals surface area contributed by atoms with Crippen LogP contribution in [0.4, 0.5) is 0 Å². The number of carbonyl (C=O) groups is 1. The molecule has 0 aromatic carbocycles. The molecule has 5 heteroatoms. The summed E-state index contributed by atoms with van der Waals surface area (Å²) in [6.45, 7) is 0. The second-order valence-electron chi connectivity index (χ2n) is 2.67. The summed E-state index contributed by atoms with van der Waals surface area (Å²) in [5, 5.41) is 8.67. The standard InChI is InChI=1S/C9H7N3O2/c13-9(14)8-11-4-2-7(12-8)6-1-3-10-5-6/h1-5,10H,(H,13,14). The summed E-state index contributed by atoms with van der Waals surface area (Å²) < 4.78 is 0. The molecule has 0 bridgehead atoms. The molecule has 0 aliphatic carbocycles. The fraction of sp³-hybridized carbons (Fsp3) is 0. The lowest BCUT2D eigenvalue weighted by molar-refractivity contribution is 0.0683. The average Bonchev–Trinajstić information content (AvgIpc) is 2.71. The van der Waals surface area contributed by atoms with E-state index in [2.05, 4.69) is 15.0 Å². The third-order valence-corrected chi connectivity index (χ3v) is 1.74. The Morgan fingerprint density at radius 3 is 2.93 bits per heavy atom. The lowest BCUT2D eigenvalue weighted by Crippen LogP contribution is -2.03. The monoisotopic (exact) mass is 189 g/mol. The Kier molecular flexibility index (Phi) is 1.98. The zero-order valence-corrected chi connectivity index (χ0v) is 7.14. The van der Waals surface area contributed by atoms with Crippen LogP contribution in [0.5, 0.6) is 0 Å². The van der Waals surface area contributed by atoms with Crippen molar-refractivity contribution in [3.63, 3.8) is 0 Å². The van der Waals surface area contributed by atoms with Gasteiger partial charge in [0.1, 0.15) is 0 Å². The number of aromatic amines is 1. The predicted molar refractivity (Wildman–Crippen MR) is 48.8 cm³/mol. The molecule has 0 aliphatic rings. The number of aromatic nitrogens is 3. The number of hydrogen-bond acceptors (Lipinski definition) is 3. The van der Waals surface area contributed by atoms with Crippen LogP contribution in [0.2, 0.25) is 0 Å². The van der Waals surface area contributed by atoms with Crippen molar-refractivity contribution in [2.24, 2.45) is 0 Å². The Morgan fingerprint density at radius 1 is 1.43 bits per heavy atom. The van der Waals surface area contributed by atoms with Crippen LogP contribution in [-0.2, 0) is 0 Å². The summed E-state index contributed by atoms with van der Waals surface area (Å²) in [5.41, 5.74) is 1.44. The van der Waals surface area contributed by atoms with Crippen molar-refractivity contribution >= 4 is 5.97 Å². The first-order valence-corrected chi connectivity index (χ1v) is 3.97. The summed E-state index contributed by atoms with van der Waals surface area (Å²) in [6, 6.07) is 3.48. The van der Waals surface area contributed by atoms with Crippen LogP contribution in [0.1, 0.15) is 10.6 Å². The van der Waals surface area contributed by atoms with Crippen LogP contribution in [0.25, 0.3) is 11.3 Å².